The third kappa shape index (κ3) is 3.93. The molecular weight excluding hydrogens is 379 g/mol. The molecule has 0 saturated carbocycles. The van der Waals surface area contributed by atoms with Crippen LogP contribution in [0.4, 0.5) is 13.2 Å². The van der Waals surface area contributed by atoms with E-state index in [9.17, 15) is 18.0 Å². The molecule has 0 radical (unpaired) electrons. The van der Waals surface area contributed by atoms with Crippen LogP contribution in [0.3, 0.4) is 0 Å². The molecular formula is C19H17ClF3N3O. The van der Waals surface area contributed by atoms with E-state index in [0.717, 1.165) is 27.8 Å². The average molecular weight is 396 g/mol. The SMILES string of the molecule is CCc1nc2c(Cl)cc(C(F)(F)F)cn2c1C(=O)NCc1ccc(C)cc1. The number of imidazole rings is 1. The van der Waals surface area contributed by atoms with Crippen LogP contribution in [-0.2, 0) is 19.1 Å². The molecule has 3 aromatic rings. The average Bonchev–Trinajstić information content (AvgIpc) is 2.99. The summed E-state index contributed by atoms with van der Waals surface area (Å²) in [6, 6.07) is 8.41. The van der Waals surface area contributed by atoms with Crippen LogP contribution in [0.2, 0.25) is 5.02 Å². The van der Waals surface area contributed by atoms with Crippen LogP contribution in [-0.4, -0.2) is 15.3 Å². The molecule has 0 spiro atoms. The predicted octanol–water partition coefficient (Wildman–Crippen LogP) is 4.81. The fraction of sp³-hybridized carbons (Fsp3) is 0.263. The second-order valence-corrected chi connectivity index (χ2v) is 6.60. The number of fused-ring (bicyclic) bond motifs is 1. The van der Waals surface area contributed by atoms with Gasteiger partial charge in [0, 0.05) is 12.7 Å². The summed E-state index contributed by atoms with van der Waals surface area (Å²) in [5.41, 5.74) is 1.61. The molecule has 8 heteroatoms. The number of benzene rings is 1. The smallest absolute Gasteiger partial charge is 0.347 e. The van der Waals surface area contributed by atoms with Crippen molar-refractivity contribution in [1.82, 2.24) is 14.7 Å². The lowest BCUT2D eigenvalue weighted by atomic mass is 10.1. The highest BCUT2D eigenvalue weighted by Gasteiger charge is 2.33. The Morgan fingerprint density at radius 1 is 1.26 bits per heavy atom. The number of aromatic nitrogens is 2. The zero-order valence-electron chi connectivity index (χ0n) is 14.7. The molecule has 0 saturated heterocycles. The van der Waals surface area contributed by atoms with Gasteiger partial charge >= 0.3 is 6.18 Å². The van der Waals surface area contributed by atoms with E-state index in [0.29, 0.717) is 12.1 Å². The molecule has 0 aliphatic heterocycles. The third-order valence-corrected chi connectivity index (χ3v) is 4.48. The Bertz CT molecular complexity index is 994. The van der Waals surface area contributed by atoms with Crippen molar-refractivity contribution in [2.75, 3.05) is 0 Å². The number of hydrogen-bond donors (Lipinski definition) is 1. The summed E-state index contributed by atoms with van der Waals surface area (Å²) in [6.45, 7) is 3.98. The molecule has 0 aliphatic carbocycles. The van der Waals surface area contributed by atoms with Crippen molar-refractivity contribution in [1.29, 1.82) is 0 Å². The Morgan fingerprint density at radius 3 is 2.52 bits per heavy atom. The molecule has 1 amide bonds. The fourth-order valence-electron chi connectivity index (χ4n) is 2.77. The first-order chi connectivity index (χ1) is 12.7. The van der Waals surface area contributed by atoms with Gasteiger partial charge in [-0.1, -0.05) is 48.4 Å². The van der Waals surface area contributed by atoms with E-state index in [1.165, 1.54) is 0 Å². The molecule has 4 nitrogen and oxygen atoms in total. The van der Waals surface area contributed by atoms with Gasteiger partial charge in [-0.2, -0.15) is 13.2 Å². The van der Waals surface area contributed by atoms with Gasteiger partial charge in [0.2, 0.25) is 0 Å². The Kier molecular flexibility index (Phi) is 5.15. The largest absolute Gasteiger partial charge is 0.417 e. The monoisotopic (exact) mass is 395 g/mol. The maximum Gasteiger partial charge on any atom is 0.417 e. The molecule has 0 fully saturated rings. The highest BCUT2D eigenvalue weighted by atomic mass is 35.5. The van der Waals surface area contributed by atoms with Crippen molar-refractivity contribution in [3.8, 4) is 0 Å². The maximum atomic E-state index is 13.1. The zero-order valence-corrected chi connectivity index (χ0v) is 15.4. The molecule has 1 aromatic carbocycles. The third-order valence-electron chi connectivity index (χ3n) is 4.20. The van der Waals surface area contributed by atoms with Crippen LogP contribution in [0.1, 0.15) is 39.8 Å². The number of nitrogens with zero attached hydrogens (tertiary/aromatic N) is 2. The molecule has 3 rings (SSSR count). The normalized spacial score (nSPS) is 11.8. The minimum atomic E-state index is -4.58. The quantitative estimate of drug-likeness (QED) is 0.689. The predicted molar refractivity (Wildman–Crippen MR) is 96.9 cm³/mol. The van der Waals surface area contributed by atoms with E-state index >= 15 is 0 Å². The van der Waals surface area contributed by atoms with Crippen molar-refractivity contribution in [2.24, 2.45) is 0 Å². The van der Waals surface area contributed by atoms with Crippen molar-refractivity contribution >= 4 is 23.2 Å². The Labute approximate surface area is 159 Å². The molecule has 142 valence electrons. The molecule has 0 atom stereocenters. The van der Waals surface area contributed by atoms with Crippen molar-refractivity contribution in [3.05, 3.63) is 69.6 Å². The van der Waals surface area contributed by atoms with Gasteiger partial charge in [0.05, 0.1) is 16.3 Å². The standard InChI is InChI=1S/C19H17ClF3N3O/c1-3-15-16(18(27)24-9-12-6-4-11(2)5-7-12)26-10-13(19(21,22)23)8-14(20)17(26)25-15/h4-8,10H,3,9H2,1-2H3,(H,24,27). The first-order valence-electron chi connectivity index (χ1n) is 8.32. The van der Waals surface area contributed by atoms with Crippen molar-refractivity contribution < 1.29 is 18.0 Å². The topological polar surface area (TPSA) is 46.4 Å². The summed E-state index contributed by atoms with van der Waals surface area (Å²) in [4.78, 5) is 17.0. The van der Waals surface area contributed by atoms with E-state index in [4.69, 9.17) is 11.6 Å². The maximum absolute atomic E-state index is 13.1. The molecule has 1 N–H and O–H groups in total. The van der Waals surface area contributed by atoms with E-state index in [1.54, 1.807) is 6.92 Å². The second-order valence-electron chi connectivity index (χ2n) is 6.20. The molecule has 0 bridgehead atoms. The van der Waals surface area contributed by atoms with Crippen LogP contribution in [0, 0.1) is 6.92 Å². The molecule has 0 unspecified atom stereocenters. The zero-order chi connectivity index (χ0) is 19.8. The summed E-state index contributed by atoms with van der Waals surface area (Å²) in [5, 5.41) is 2.59. The lowest BCUT2D eigenvalue weighted by Gasteiger charge is -2.10. The van der Waals surface area contributed by atoms with E-state index < -0.39 is 17.6 Å². The number of amides is 1. The van der Waals surface area contributed by atoms with Crippen LogP contribution in [0.15, 0.2) is 36.5 Å². The van der Waals surface area contributed by atoms with Gasteiger partial charge in [-0.05, 0) is 25.0 Å². The summed E-state index contributed by atoms with van der Waals surface area (Å²) < 4.78 is 40.5. The van der Waals surface area contributed by atoms with Gasteiger partial charge in [-0.15, -0.1) is 0 Å². The molecule has 0 aliphatic rings. The number of hydrogen-bond acceptors (Lipinski definition) is 2. The van der Waals surface area contributed by atoms with Gasteiger partial charge in [0.15, 0.2) is 5.65 Å². The number of alkyl halides is 3. The van der Waals surface area contributed by atoms with Crippen molar-refractivity contribution in [2.45, 2.75) is 33.0 Å². The van der Waals surface area contributed by atoms with Crippen LogP contribution in [0.5, 0.6) is 0 Å². The van der Waals surface area contributed by atoms with Crippen LogP contribution < -0.4 is 5.32 Å². The van der Waals surface area contributed by atoms with Gasteiger partial charge in [0.25, 0.3) is 5.91 Å². The summed E-state index contributed by atoms with van der Waals surface area (Å²) >= 11 is 5.99. The number of carbonyl (C=O) groups is 1. The van der Waals surface area contributed by atoms with E-state index in [2.05, 4.69) is 10.3 Å². The number of rotatable bonds is 4. The fourth-order valence-corrected chi connectivity index (χ4v) is 3.02. The summed E-state index contributed by atoms with van der Waals surface area (Å²) in [6.07, 6.45) is -3.34. The first kappa shape index (κ1) is 19.2. The Hall–Kier alpha value is -2.54. The van der Waals surface area contributed by atoms with Gasteiger partial charge in [-0.25, -0.2) is 4.98 Å². The minimum absolute atomic E-state index is 0.0626. The number of nitrogens with one attached hydrogen (secondary N) is 1. The van der Waals surface area contributed by atoms with Gasteiger partial charge in [0.1, 0.15) is 5.69 Å². The molecule has 2 aromatic heterocycles. The first-order valence-corrected chi connectivity index (χ1v) is 8.70. The Balaban J connectivity index is 1.99. The second kappa shape index (κ2) is 7.23. The highest BCUT2D eigenvalue weighted by Crippen LogP contribution is 2.33. The van der Waals surface area contributed by atoms with Crippen LogP contribution in [0.25, 0.3) is 5.65 Å². The number of pyridine rings is 1. The highest BCUT2D eigenvalue weighted by molar-refractivity contribution is 6.33. The molecule has 2 heterocycles. The lowest BCUT2D eigenvalue weighted by Crippen LogP contribution is -2.25. The van der Waals surface area contributed by atoms with Crippen molar-refractivity contribution in [3.63, 3.8) is 0 Å². The van der Waals surface area contributed by atoms with E-state index in [-0.39, 0.29) is 22.9 Å². The summed E-state index contributed by atoms with van der Waals surface area (Å²) in [7, 11) is 0. The number of carbonyl (C=O) groups excluding carboxylic acids is 1. The Morgan fingerprint density at radius 2 is 1.93 bits per heavy atom. The number of aryl methyl sites for hydroxylation is 2. The van der Waals surface area contributed by atoms with Crippen LogP contribution >= 0.6 is 11.6 Å². The molecule has 27 heavy (non-hydrogen) atoms. The number of halogens is 4. The van der Waals surface area contributed by atoms with Gasteiger partial charge in [-0.3, -0.25) is 9.20 Å². The van der Waals surface area contributed by atoms with Gasteiger partial charge < -0.3 is 5.32 Å². The van der Waals surface area contributed by atoms with E-state index in [1.807, 2.05) is 31.2 Å². The lowest BCUT2D eigenvalue weighted by molar-refractivity contribution is -0.137. The summed E-state index contributed by atoms with van der Waals surface area (Å²) in [5.74, 6) is -0.504. The minimum Gasteiger partial charge on any atom is -0.347 e.